The summed E-state index contributed by atoms with van der Waals surface area (Å²) < 4.78 is 44.8. The number of alkyl halides is 3. The molecule has 0 radical (unpaired) electrons. The molecule has 0 saturated heterocycles. The van der Waals surface area contributed by atoms with Crippen LogP contribution in [0.15, 0.2) is 48.8 Å². The first-order chi connectivity index (χ1) is 12.0. The number of hydrogen-bond acceptors (Lipinski definition) is 4. The normalized spacial score (nSPS) is 11.7. The molecule has 2 aromatic carbocycles. The molecule has 4 nitrogen and oxygen atoms in total. The van der Waals surface area contributed by atoms with Gasteiger partial charge in [0.15, 0.2) is 0 Å². The van der Waals surface area contributed by atoms with Crippen molar-refractivity contribution in [3.05, 3.63) is 54.4 Å². The topological polar surface area (TPSA) is 47.0 Å². The summed E-state index contributed by atoms with van der Waals surface area (Å²) in [5.74, 6) is 0.563. The lowest BCUT2D eigenvalue weighted by Gasteiger charge is -2.14. The summed E-state index contributed by atoms with van der Waals surface area (Å²) in [7, 11) is 1.59. The second-order valence-electron chi connectivity index (χ2n) is 5.42. The number of nitrogens with zero attached hydrogens (tertiary/aromatic N) is 2. The van der Waals surface area contributed by atoms with Crippen molar-refractivity contribution in [3.8, 4) is 11.1 Å². The van der Waals surface area contributed by atoms with E-state index in [1.807, 2.05) is 0 Å². The van der Waals surface area contributed by atoms with Gasteiger partial charge in [0.25, 0.3) is 0 Å². The predicted octanol–water partition coefficient (Wildman–Crippen LogP) is 4.37. The van der Waals surface area contributed by atoms with Crippen LogP contribution in [-0.4, -0.2) is 30.2 Å². The molecule has 1 N–H and O–H groups in total. The average molecular weight is 347 g/mol. The summed E-state index contributed by atoms with van der Waals surface area (Å²) in [5, 5.41) is 3.77. The van der Waals surface area contributed by atoms with E-state index in [4.69, 9.17) is 4.74 Å². The van der Waals surface area contributed by atoms with Crippen LogP contribution in [-0.2, 0) is 10.9 Å². The molecular formula is C18H16F3N3O. The smallest absolute Gasteiger partial charge is 0.383 e. The third kappa shape index (κ3) is 3.71. The Morgan fingerprint density at radius 2 is 1.88 bits per heavy atom. The van der Waals surface area contributed by atoms with E-state index in [1.165, 1.54) is 18.5 Å². The molecule has 0 spiro atoms. The Morgan fingerprint density at radius 3 is 2.64 bits per heavy atom. The minimum Gasteiger partial charge on any atom is -0.383 e. The Labute approximate surface area is 142 Å². The zero-order valence-electron chi connectivity index (χ0n) is 13.5. The number of anilines is 1. The molecule has 1 aromatic heterocycles. The van der Waals surface area contributed by atoms with Crippen LogP contribution in [0.4, 0.5) is 19.0 Å². The molecule has 0 aliphatic rings. The molecule has 25 heavy (non-hydrogen) atoms. The highest BCUT2D eigenvalue weighted by Gasteiger charge is 2.33. The van der Waals surface area contributed by atoms with E-state index in [0.29, 0.717) is 35.4 Å². The number of benzene rings is 2. The second-order valence-corrected chi connectivity index (χ2v) is 5.42. The fraction of sp³-hybridized carbons (Fsp3) is 0.222. The van der Waals surface area contributed by atoms with Crippen LogP contribution in [0.2, 0.25) is 0 Å². The summed E-state index contributed by atoms with van der Waals surface area (Å²) in [5.41, 5.74) is 0.580. The Morgan fingerprint density at radius 1 is 1.08 bits per heavy atom. The zero-order valence-corrected chi connectivity index (χ0v) is 13.5. The summed E-state index contributed by atoms with van der Waals surface area (Å²) in [6, 6.07) is 10.5. The first-order valence-electron chi connectivity index (χ1n) is 7.65. The fourth-order valence-electron chi connectivity index (χ4n) is 2.62. The van der Waals surface area contributed by atoms with Crippen LogP contribution in [0, 0.1) is 0 Å². The summed E-state index contributed by atoms with van der Waals surface area (Å²) in [4.78, 5) is 8.36. The van der Waals surface area contributed by atoms with Crippen LogP contribution < -0.4 is 5.32 Å². The van der Waals surface area contributed by atoms with Crippen molar-refractivity contribution in [2.75, 3.05) is 25.6 Å². The molecule has 0 unspecified atom stereocenters. The second kappa shape index (κ2) is 7.06. The van der Waals surface area contributed by atoms with E-state index in [0.717, 1.165) is 6.07 Å². The lowest BCUT2D eigenvalue weighted by molar-refractivity contribution is -0.137. The van der Waals surface area contributed by atoms with Gasteiger partial charge in [-0.1, -0.05) is 24.3 Å². The van der Waals surface area contributed by atoms with E-state index in [1.54, 1.807) is 31.4 Å². The van der Waals surface area contributed by atoms with Gasteiger partial charge in [0.2, 0.25) is 0 Å². The lowest BCUT2D eigenvalue weighted by Crippen LogP contribution is -2.09. The Balaban J connectivity index is 2.09. The Kier molecular flexibility index (Phi) is 4.85. The quantitative estimate of drug-likeness (QED) is 0.696. The number of halogens is 3. The summed E-state index contributed by atoms with van der Waals surface area (Å²) in [6.07, 6.45) is -3.00. The van der Waals surface area contributed by atoms with E-state index >= 15 is 0 Å². The van der Waals surface area contributed by atoms with Crippen molar-refractivity contribution < 1.29 is 17.9 Å². The standard InChI is InChI=1S/C18H16F3N3O/c1-25-9-8-22-17-14-10-12(6-7-16(14)23-11-24-17)13-4-2-3-5-15(13)18(19,20)21/h2-7,10-11H,8-9H2,1H3,(H,22,23,24). The van der Waals surface area contributed by atoms with Crippen molar-refractivity contribution in [2.45, 2.75) is 6.18 Å². The lowest BCUT2D eigenvalue weighted by atomic mass is 9.98. The van der Waals surface area contributed by atoms with Gasteiger partial charge in [0.05, 0.1) is 17.7 Å². The molecular weight excluding hydrogens is 331 g/mol. The molecule has 0 aliphatic carbocycles. The van der Waals surface area contributed by atoms with Gasteiger partial charge in [-0.3, -0.25) is 0 Å². The first kappa shape index (κ1) is 17.2. The molecule has 1 heterocycles. The molecule has 3 rings (SSSR count). The largest absolute Gasteiger partial charge is 0.417 e. The predicted molar refractivity (Wildman–Crippen MR) is 90.3 cm³/mol. The third-order valence-electron chi connectivity index (χ3n) is 3.78. The average Bonchev–Trinajstić information content (AvgIpc) is 2.61. The van der Waals surface area contributed by atoms with Gasteiger partial charge in [0.1, 0.15) is 12.1 Å². The molecule has 0 saturated carbocycles. The highest BCUT2D eigenvalue weighted by atomic mass is 19.4. The SMILES string of the molecule is COCCNc1ncnc2ccc(-c3ccccc3C(F)(F)F)cc12. The minimum absolute atomic E-state index is 0.128. The molecule has 0 bridgehead atoms. The highest BCUT2D eigenvalue weighted by molar-refractivity contribution is 5.92. The number of ether oxygens (including phenoxy) is 1. The van der Waals surface area contributed by atoms with Crippen molar-refractivity contribution in [2.24, 2.45) is 0 Å². The van der Waals surface area contributed by atoms with Gasteiger partial charge in [-0.25, -0.2) is 9.97 Å². The van der Waals surface area contributed by atoms with Gasteiger partial charge in [-0.05, 0) is 29.3 Å². The Hall–Kier alpha value is -2.67. The van der Waals surface area contributed by atoms with Crippen molar-refractivity contribution in [1.29, 1.82) is 0 Å². The van der Waals surface area contributed by atoms with Crippen LogP contribution in [0.5, 0.6) is 0 Å². The van der Waals surface area contributed by atoms with Gasteiger partial charge in [-0.15, -0.1) is 0 Å². The molecule has 130 valence electrons. The zero-order chi connectivity index (χ0) is 17.9. The van der Waals surface area contributed by atoms with Crippen LogP contribution >= 0.6 is 0 Å². The van der Waals surface area contributed by atoms with Gasteiger partial charge >= 0.3 is 6.18 Å². The summed E-state index contributed by atoms with van der Waals surface area (Å²) in [6.45, 7) is 1.02. The van der Waals surface area contributed by atoms with Crippen LogP contribution in [0.3, 0.4) is 0 Å². The molecule has 0 aliphatic heterocycles. The van der Waals surface area contributed by atoms with Crippen molar-refractivity contribution in [3.63, 3.8) is 0 Å². The van der Waals surface area contributed by atoms with Crippen LogP contribution in [0.25, 0.3) is 22.0 Å². The molecule has 0 fully saturated rings. The van der Waals surface area contributed by atoms with Gasteiger partial charge in [-0.2, -0.15) is 13.2 Å². The van der Waals surface area contributed by atoms with Crippen LogP contribution in [0.1, 0.15) is 5.56 Å². The minimum atomic E-state index is -4.42. The highest BCUT2D eigenvalue weighted by Crippen LogP contribution is 2.38. The molecule has 3 aromatic rings. The molecule has 0 amide bonds. The summed E-state index contributed by atoms with van der Waals surface area (Å²) >= 11 is 0. The third-order valence-corrected chi connectivity index (χ3v) is 3.78. The maximum atomic E-state index is 13.3. The maximum Gasteiger partial charge on any atom is 0.417 e. The number of hydrogen-bond donors (Lipinski definition) is 1. The maximum absolute atomic E-state index is 13.3. The van der Waals surface area contributed by atoms with Crippen molar-refractivity contribution >= 4 is 16.7 Å². The van der Waals surface area contributed by atoms with Gasteiger partial charge < -0.3 is 10.1 Å². The van der Waals surface area contributed by atoms with Crippen molar-refractivity contribution in [1.82, 2.24) is 9.97 Å². The number of aromatic nitrogens is 2. The Bertz CT molecular complexity index is 881. The number of rotatable bonds is 5. The number of methoxy groups -OCH3 is 1. The molecule has 0 atom stereocenters. The number of fused-ring (bicyclic) bond motifs is 1. The van der Waals surface area contributed by atoms with E-state index < -0.39 is 11.7 Å². The molecule has 7 heteroatoms. The fourth-order valence-corrected chi connectivity index (χ4v) is 2.62. The van der Waals surface area contributed by atoms with E-state index in [-0.39, 0.29) is 5.56 Å². The first-order valence-corrected chi connectivity index (χ1v) is 7.65. The van der Waals surface area contributed by atoms with Gasteiger partial charge in [0, 0.05) is 19.0 Å². The van der Waals surface area contributed by atoms with E-state index in [9.17, 15) is 13.2 Å². The monoisotopic (exact) mass is 347 g/mol. The van der Waals surface area contributed by atoms with E-state index in [2.05, 4.69) is 15.3 Å². The number of nitrogens with one attached hydrogen (secondary N) is 1.